The van der Waals surface area contributed by atoms with Gasteiger partial charge in [0.15, 0.2) is 0 Å². The van der Waals surface area contributed by atoms with E-state index in [1.54, 1.807) is 11.9 Å². The number of rotatable bonds is 2. The summed E-state index contributed by atoms with van der Waals surface area (Å²) in [4.78, 5) is 14.2. The molecule has 0 saturated carbocycles. The van der Waals surface area contributed by atoms with Crippen LogP contribution in [0.3, 0.4) is 0 Å². The average Bonchev–Trinajstić information content (AvgIpc) is 2.80. The molecule has 7 heteroatoms. The Balaban J connectivity index is 2.32. The van der Waals surface area contributed by atoms with Gasteiger partial charge in [0.2, 0.25) is 10.0 Å². The number of aryl methyl sites for hydroxylation is 1. The SMILES string of the molecule is CC1CC(C)N(C(=O)c2cc(S(N)(=O)=O)cn2C)C1. The van der Waals surface area contributed by atoms with Crippen molar-refractivity contribution in [2.24, 2.45) is 18.1 Å². The van der Waals surface area contributed by atoms with Crippen LogP contribution in [0, 0.1) is 5.92 Å². The molecule has 6 nitrogen and oxygen atoms in total. The first kappa shape index (κ1) is 14.1. The summed E-state index contributed by atoms with van der Waals surface area (Å²) in [6.07, 6.45) is 2.34. The smallest absolute Gasteiger partial charge is 0.270 e. The van der Waals surface area contributed by atoms with Gasteiger partial charge in [0, 0.05) is 25.8 Å². The zero-order valence-electron chi connectivity index (χ0n) is 11.3. The molecule has 0 bridgehead atoms. The average molecular weight is 285 g/mol. The van der Waals surface area contributed by atoms with Crippen molar-refractivity contribution in [1.29, 1.82) is 0 Å². The van der Waals surface area contributed by atoms with Gasteiger partial charge in [-0.25, -0.2) is 13.6 Å². The second-order valence-electron chi connectivity index (χ2n) is 5.36. The van der Waals surface area contributed by atoms with E-state index < -0.39 is 10.0 Å². The Labute approximate surface area is 113 Å². The van der Waals surface area contributed by atoms with Crippen LogP contribution < -0.4 is 5.14 Å². The van der Waals surface area contributed by atoms with Crippen LogP contribution in [0.25, 0.3) is 0 Å². The van der Waals surface area contributed by atoms with Gasteiger partial charge in [0.1, 0.15) is 10.6 Å². The molecule has 2 heterocycles. The van der Waals surface area contributed by atoms with Crippen molar-refractivity contribution in [3.05, 3.63) is 18.0 Å². The number of hydrogen-bond donors (Lipinski definition) is 1. The predicted molar refractivity (Wildman–Crippen MR) is 71.1 cm³/mol. The first-order valence-electron chi connectivity index (χ1n) is 6.20. The number of carbonyl (C=O) groups is 1. The van der Waals surface area contributed by atoms with Crippen molar-refractivity contribution >= 4 is 15.9 Å². The highest BCUT2D eigenvalue weighted by Crippen LogP contribution is 2.25. The molecule has 2 rings (SSSR count). The summed E-state index contributed by atoms with van der Waals surface area (Å²) >= 11 is 0. The van der Waals surface area contributed by atoms with E-state index in [0.717, 1.165) is 6.42 Å². The number of nitrogens with zero attached hydrogens (tertiary/aromatic N) is 2. The summed E-state index contributed by atoms with van der Waals surface area (Å²) in [5.41, 5.74) is 0.352. The van der Waals surface area contributed by atoms with E-state index in [9.17, 15) is 13.2 Å². The summed E-state index contributed by atoms with van der Waals surface area (Å²) in [5, 5.41) is 5.08. The minimum absolute atomic E-state index is 0.0294. The number of aromatic nitrogens is 1. The Kier molecular flexibility index (Phi) is 3.44. The first-order chi connectivity index (χ1) is 8.70. The predicted octanol–water partition coefficient (Wildman–Crippen LogP) is 0.543. The number of nitrogens with two attached hydrogens (primary N) is 1. The van der Waals surface area contributed by atoms with Crippen LogP contribution in [0.1, 0.15) is 30.8 Å². The first-order valence-corrected chi connectivity index (χ1v) is 7.75. The van der Waals surface area contributed by atoms with Crippen LogP contribution in [0.5, 0.6) is 0 Å². The molecule has 1 fully saturated rings. The third-order valence-corrected chi connectivity index (χ3v) is 4.45. The number of carbonyl (C=O) groups excluding carboxylic acids is 1. The number of likely N-dealkylation sites (tertiary alicyclic amines) is 1. The Bertz CT molecular complexity index is 606. The number of sulfonamides is 1. The molecular formula is C12H19N3O3S. The van der Waals surface area contributed by atoms with E-state index in [2.05, 4.69) is 6.92 Å². The van der Waals surface area contributed by atoms with Gasteiger partial charge in [-0.15, -0.1) is 0 Å². The fourth-order valence-electron chi connectivity index (χ4n) is 2.63. The van der Waals surface area contributed by atoms with E-state index in [4.69, 9.17) is 5.14 Å². The van der Waals surface area contributed by atoms with Crippen molar-refractivity contribution < 1.29 is 13.2 Å². The number of hydrogen-bond acceptors (Lipinski definition) is 3. The molecule has 1 aliphatic rings. The summed E-state index contributed by atoms with van der Waals surface area (Å²) in [5.74, 6) is 0.325. The Morgan fingerprint density at radius 1 is 1.42 bits per heavy atom. The number of primary sulfonamides is 1. The molecular weight excluding hydrogens is 266 g/mol. The molecule has 0 aliphatic carbocycles. The quantitative estimate of drug-likeness (QED) is 0.860. The van der Waals surface area contributed by atoms with Gasteiger partial charge in [-0.3, -0.25) is 4.79 Å². The van der Waals surface area contributed by atoms with Crippen molar-refractivity contribution in [2.45, 2.75) is 31.2 Å². The van der Waals surface area contributed by atoms with E-state index in [1.807, 2.05) is 6.92 Å². The summed E-state index contributed by atoms with van der Waals surface area (Å²) in [6, 6.07) is 1.52. The topological polar surface area (TPSA) is 85.4 Å². The fraction of sp³-hybridized carbons (Fsp3) is 0.583. The maximum Gasteiger partial charge on any atom is 0.270 e. The highest BCUT2D eigenvalue weighted by Gasteiger charge is 2.32. The summed E-state index contributed by atoms with van der Waals surface area (Å²) in [7, 11) is -2.13. The van der Waals surface area contributed by atoms with Gasteiger partial charge in [0.05, 0.1) is 0 Å². The Morgan fingerprint density at radius 2 is 2.05 bits per heavy atom. The summed E-state index contributed by atoms with van der Waals surface area (Å²) in [6.45, 7) is 4.81. The molecule has 1 aromatic heterocycles. The molecule has 0 radical (unpaired) electrons. The highest BCUT2D eigenvalue weighted by atomic mass is 32.2. The molecule has 1 amide bonds. The van der Waals surface area contributed by atoms with Crippen molar-refractivity contribution in [3.63, 3.8) is 0 Å². The standard InChI is InChI=1S/C12H19N3O3S/c1-8-4-9(2)15(6-8)12(16)11-5-10(7-14(11)3)19(13,17)18/h5,7-9H,4,6H2,1-3H3,(H2,13,17,18). The van der Waals surface area contributed by atoms with Crippen molar-refractivity contribution in [1.82, 2.24) is 9.47 Å². The van der Waals surface area contributed by atoms with Crippen LogP contribution in [0.4, 0.5) is 0 Å². The normalized spacial score (nSPS) is 23.9. The molecule has 2 unspecified atom stereocenters. The van der Waals surface area contributed by atoms with Crippen LogP contribution >= 0.6 is 0 Å². The highest BCUT2D eigenvalue weighted by molar-refractivity contribution is 7.89. The van der Waals surface area contributed by atoms with Gasteiger partial charge in [-0.05, 0) is 25.3 Å². The second-order valence-corrected chi connectivity index (χ2v) is 6.93. The zero-order valence-corrected chi connectivity index (χ0v) is 12.1. The molecule has 2 atom stereocenters. The monoisotopic (exact) mass is 285 g/mol. The van der Waals surface area contributed by atoms with E-state index in [-0.39, 0.29) is 16.8 Å². The third-order valence-electron chi connectivity index (χ3n) is 3.57. The van der Waals surface area contributed by atoms with E-state index >= 15 is 0 Å². The lowest BCUT2D eigenvalue weighted by molar-refractivity contribution is 0.0734. The van der Waals surface area contributed by atoms with Crippen molar-refractivity contribution in [3.8, 4) is 0 Å². The molecule has 1 saturated heterocycles. The fourth-order valence-corrected chi connectivity index (χ4v) is 3.21. The summed E-state index contributed by atoms with van der Waals surface area (Å²) < 4.78 is 24.1. The van der Waals surface area contributed by atoms with E-state index in [1.165, 1.54) is 16.8 Å². The van der Waals surface area contributed by atoms with E-state index in [0.29, 0.717) is 18.2 Å². The van der Waals surface area contributed by atoms with Crippen LogP contribution in [-0.4, -0.2) is 36.4 Å². The molecule has 2 N–H and O–H groups in total. The lowest BCUT2D eigenvalue weighted by atomic mass is 10.1. The van der Waals surface area contributed by atoms with Crippen LogP contribution in [0.15, 0.2) is 17.2 Å². The molecule has 106 valence electrons. The minimum Gasteiger partial charge on any atom is -0.345 e. The van der Waals surface area contributed by atoms with Crippen LogP contribution in [0.2, 0.25) is 0 Å². The number of amides is 1. The van der Waals surface area contributed by atoms with Gasteiger partial charge >= 0.3 is 0 Å². The maximum atomic E-state index is 12.4. The van der Waals surface area contributed by atoms with Gasteiger partial charge in [-0.1, -0.05) is 6.92 Å². The molecule has 1 aliphatic heterocycles. The molecule has 1 aromatic rings. The van der Waals surface area contributed by atoms with Gasteiger partial charge in [-0.2, -0.15) is 0 Å². The minimum atomic E-state index is -3.78. The van der Waals surface area contributed by atoms with Gasteiger partial charge in [0.25, 0.3) is 5.91 Å². The maximum absolute atomic E-state index is 12.4. The zero-order chi connectivity index (χ0) is 14.4. The lowest BCUT2D eigenvalue weighted by Gasteiger charge is -2.21. The Morgan fingerprint density at radius 3 is 2.47 bits per heavy atom. The largest absolute Gasteiger partial charge is 0.345 e. The van der Waals surface area contributed by atoms with Crippen molar-refractivity contribution in [2.75, 3.05) is 6.54 Å². The Hall–Kier alpha value is -1.34. The molecule has 19 heavy (non-hydrogen) atoms. The molecule has 0 spiro atoms. The second kappa shape index (κ2) is 4.64. The van der Waals surface area contributed by atoms with Crippen LogP contribution in [-0.2, 0) is 17.1 Å². The van der Waals surface area contributed by atoms with Gasteiger partial charge < -0.3 is 9.47 Å². The lowest BCUT2D eigenvalue weighted by Crippen LogP contribution is -2.35. The third kappa shape index (κ3) is 2.66. The molecule has 0 aromatic carbocycles.